The van der Waals surface area contributed by atoms with Crippen LogP contribution < -0.4 is 11.1 Å². The maximum absolute atomic E-state index is 13.7. The smallest absolute Gasteiger partial charge is 0.439 e. The van der Waals surface area contributed by atoms with Crippen molar-refractivity contribution in [2.45, 2.75) is 57.2 Å². The van der Waals surface area contributed by atoms with E-state index >= 15 is 0 Å². The van der Waals surface area contributed by atoms with Crippen LogP contribution in [0, 0.1) is 5.41 Å². The number of urea groups is 1. The van der Waals surface area contributed by atoms with E-state index in [-0.39, 0.29) is 30.7 Å². The third-order valence-electron chi connectivity index (χ3n) is 6.59. The predicted octanol–water partition coefficient (Wildman–Crippen LogP) is 2.58. The molecule has 4 N–H and O–H groups in total. The first-order valence-electron chi connectivity index (χ1n) is 11.7. The van der Waals surface area contributed by atoms with E-state index in [0.717, 1.165) is 19.6 Å². The van der Waals surface area contributed by atoms with Crippen molar-refractivity contribution in [2.24, 2.45) is 5.73 Å². The molecule has 0 aromatic rings. The minimum absolute atomic E-state index is 0.0731. The molecule has 2 fully saturated rings. The predicted molar refractivity (Wildman–Crippen MR) is 120 cm³/mol. The van der Waals surface area contributed by atoms with E-state index in [1.807, 2.05) is 4.90 Å². The minimum Gasteiger partial charge on any atom is -0.449 e. The van der Waals surface area contributed by atoms with Crippen LogP contribution in [0.4, 0.5) is 22.4 Å². The molecule has 0 spiro atoms. The number of nitrogens with one attached hydrogen (secondary N) is 2. The van der Waals surface area contributed by atoms with Gasteiger partial charge >= 0.3 is 12.2 Å². The highest BCUT2D eigenvalue weighted by atomic mass is 19.4. The summed E-state index contributed by atoms with van der Waals surface area (Å²) in [6.07, 6.45) is -3.03. The Kier molecular flexibility index (Phi) is 8.80. The molecule has 0 radical (unpaired) electrons. The zero-order chi connectivity index (χ0) is 24.9. The molecule has 12 heteroatoms. The number of amides is 2. The van der Waals surface area contributed by atoms with Gasteiger partial charge in [-0.1, -0.05) is 13.0 Å². The Balaban J connectivity index is 1.67. The van der Waals surface area contributed by atoms with Gasteiger partial charge in [-0.3, -0.25) is 11.1 Å². The van der Waals surface area contributed by atoms with Gasteiger partial charge in [-0.05, 0) is 38.3 Å². The van der Waals surface area contributed by atoms with Crippen molar-refractivity contribution < 1.29 is 27.1 Å². The molecular formula is C22H34F4N6O2. The van der Waals surface area contributed by atoms with Crippen LogP contribution in [0.3, 0.4) is 0 Å². The number of likely N-dealkylation sites (N-methyl/N-ethyl adjacent to an activating group) is 1. The van der Waals surface area contributed by atoms with Crippen LogP contribution in [0.5, 0.6) is 0 Å². The lowest BCUT2D eigenvalue weighted by Crippen LogP contribution is -2.56. The van der Waals surface area contributed by atoms with Crippen LogP contribution in [-0.2, 0) is 4.74 Å². The number of nitrogens with two attached hydrogens (primary N) is 1. The van der Waals surface area contributed by atoms with Crippen molar-refractivity contribution in [1.82, 2.24) is 20.0 Å². The molecule has 34 heavy (non-hydrogen) atoms. The first-order valence-corrected chi connectivity index (χ1v) is 11.7. The average Bonchev–Trinajstić information content (AvgIpc) is 2.82. The lowest BCUT2D eigenvalue weighted by atomic mass is 9.92. The molecule has 2 aliphatic heterocycles. The molecule has 0 aromatic heterocycles. The van der Waals surface area contributed by atoms with Crippen molar-refractivity contribution in [3.05, 3.63) is 23.4 Å². The Morgan fingerprint density at radius 1 is 1.24 bits per heavy atom. The molecular weight excluding hydrogens is 456 g/mol. The molecule has 2 amide bonds. The molecule has 3 rings (SSSR count). The van der Waals surface area contributed by atoms with E-state index in [0.29, 0.717) is 44.5 Å². The average molecular weight is 491 g/mol. The standard InChI is InChI=1S/C22H34F4N6O2/c1-2-30-9-11-31(12-10-30)21(33)32(18-7-4-16(23)5-8-18)14-17-6-3-15(13-29-17)19(27)34-20(28)22(24,25)26/h3,6,16,18,20,27,29H,2,4-5,7-14,28H2,1H3. The van der Waals surface area contributed by atoms with Crippen LogP contribution in [0.2, 0.25) is 0 Å². The molecule has 1 saturated carbocycles. The number of dihydropyridines is 1. The first kappa shape index (κ1) is 26.3. The number of allylic oxidation sites excluding steroid dienone is 2. The molecule has 1 aliphatic carbocycles. The molecule has 1 atom stereocenters. The van der Waals surface area contributed by atoms with E-state index in [1.165, 1.54) is 6.08 Å². The highest BCUT2D eigenvalue weighted by Crippen LogP contribution is 2.27. The van der Waals surface area contributed by atoms with E-state index in [9.17, 15) is 22.4 Å². The van der Waals surface area contributed by atoms with E-state index in [1.54, 1.807) is 11.0 Å². The van der Waals surface area contributed by atoms with E-state index in [2.05, 4.69) is 21.9 Å². The fourth-order valence-electron chi connectivity index (χ4n) is 4.38. The number of rotatable bonds is 6. The summed E-state index contributed by atoms with van der Waals surface area (Å²) >= 11 is 0. The summed E-state index contributed by atoms with van der Waals surface area (Å²) in [5, 5.41) is 10.8. The highest BCUT2D eigenvalue weighted by Gasteiger charge is 2.40. The molecule has 2 heterocycles. The van der Waals surface area contributed by atoms with Gasteiger partial charge in [-0.25, -0.2) is 9.18 Å². The lowest BCUT2D eigenvalue weighted by molar-refractivity contribution is -0.196. The molecule has 192 valence electrons. The summed E-state index contributed by atoms with van der Waals surface area (Å²) in [6, 6.07) is -0.161. The molecule has 1 unspecified atom stereocenters. The van der Waals surface area contributed by atoms with E-state index < -0.39 is 24.5 Å². The number of carbonyl (C=O) groups excluding carboxylic acids is 1. The van der Waals surface area contributed by atoms with Crippen molar-refractivity contribution >= 4 is 11.9 Å². The maximum atomic E-state index is 13.7. The largest absolute Gasteiger partial charge is 0.449 e. The van der Waals surface area contributed by atoms with Gasteiger partial charge in [0.25, 0.3) is 0 Å². The van der Waals surface area contributed by atoms with Gasteiger partial charge in [0.05, 0.1) is 6.54 Å². The second kappa shape index (κ2) is 11.4. The summed E-state index contributed by atoms with van der Waals surface area (Å²) in [6.45, 7) is 6.25. The number of piperazine rings is 1. The monoisotopic (exact) mass is 490 g/mol. The fraction of sp³-hybridized carbons (Fsp3) is 0.727. The van der Waals surface area contributed by atoms with Crippen molar-refractivity contribution in [2.75, 3.05) is 45.8 Å². The first-order chi connectivity index (χ1) is 16.1. The minimum atomic E-state index is -4.77. The van der Waals surface area contributed by atoms with Gasteiger partial charge in [0, 0.05) is 50.0 Å². The van der Waals surface area contributed by atoms with Crippen molar-refractivity contribution in [1.29, 1.82) is 5.41 Å². The molecule has 0 aromatic carbocycles. The summed E-state index contributed by atoms with van der Waals surface area (Å²) in [5.41, 5.74) is 5.85. The maximum Gasteiger partial charge on any atom is 0.439 e. The SMILES string of the molecule is CCN1CCN(C(=O)N(CC2=CC=C(C(=N)OC(N)C(F)(F)F)CN2)C2CCC(F)CC2)CC1. The van der Waals surface area contributed by atoms with Gasteiger partial charge in [0.2, 0.25) is 12.1 Å². The van der Waals surface area contributed by atoms with Crippen molar-refractivity contribution in [3.63, 3.8) is 0 Å². The number of hydrogen-bond acceptors (Lipinski definition) is 6. The summed E-state index contributed by atoms with van der Waals surface area (Å²) in [4.78, 5) is 19.3. The van der Waals surface area contributed by atoms with Gasteiger partial charge in [-0.2, -0.15) is 13.2 Å². The topological polar surface area (TPSA) is 97.9 Å². The zero-order valence-electron chi connectivity index (χ0n) is 19.4. The second-order valence-corrected chi connectivity index (χ2v) is 8.88. The Bertz CT molecular complexity index is 787. The van der Waals surface area contributed by atoms with Crippen LogP contribution in [0.15, 0.2) is 23.4 Å². The van der Waals surface area contributed by atoms with E-state index in [4.69, 9.17) is 11.1 Å². The molecule has 3 aliphatic rings. The summed E-state index contributed by atoms with van der Waals surface area (Å²) in [7, 11) is 0. The number of halogens is 4. The normalized spacial score (nSPS) is 25.1. The Hall–Kier alpha value is -2.34. The van der Waals surface area contributed by atoms with Crippen LogP contribution >= 0.6 is 0 Å². The Morgan fingerprint density at radius 3 is 2.41 bits per heavy atom. The number of carbonyl (C=O) groups is 1. The van der Waals surface area contributed by atoms with Crippen LogP contribution in [0.1, 0.15) is 32.6 Å². The molecule has 0 bridgehead atoms. The third kappa shape index (κ3) is 6.84. The van der Waals surface area contributed by atoms with Gasteiger partial charge in [0.1, 0.15) is 6.17 Å². The zero-order valence-corrected chi connectivity index (χ0v) is 19.4. The molecule has 1 saturated heterocycles. The number of hydrogen-bond donors (Lipinski definition) is 3. The third-order valence-corrected chi connectivity index (χ3v) is 6.59. The van der Waals surface area contributed by atoms with Crippen LogP contribution in [0.25, 0.3) is 0 Å². The Morgan fingerprint density at radius 2 is 1.88 bits per heavy atom. The van der Waals surface area contributed by atoms with Gasteiger partial charge < -0.3 is 24.8 Å². The fourth-order valence-corrected chi connectivity index (χ4v) is 4.38. The van der Waals surface area contributed by atoms with Crippen molar-refractivity contribution in [3.8, 4) is 0 Å². The number of ether oxygens (including phenoxy) is 1. The summed E-state index contributed by atoms with van der Waals surface area (Å²) in [5.74, 6) is -0.657. The highest BCUT2D eigenvalue weighted by molar-refractivity contribution is 5.92. The summed E-state index contributed by atoms with van der Waals surface area (Å²) < 4.78 is 56.0. The molecule has 8 nitrogen and oxygen atoms in total. The quantitative estimate of drug-likeness (QED) is 0.230. The van der Waals surface area contributed by atoms with Gasteiger partial charge in [0.15, 0.2) is 0 Å². The van der Waals surface area contributed by atoms with Gasteiger partial charge in [-0.15, -0.1) is 0 Å². The van der Waals surface area contributed by atoms with Crippen LogP contribution in [-0.4, -0.2) is 97.1 Å². The number of alkyl halides is 4. The second-order valence-electron chi connectivity index (χ2n) is 8.88. The number of nitrogens with zero attached hydrogens (tertiary/aromatic N) is 3. The lowest BCUT2D eigenvalue weighted by Gasteiger charge is -2.41. The Labute approximate surface area is 197 Å².